The summed E-state index contributed by atoms with van der Waals surface area (Å²) in [6, 6.07) is 10.4. The fourth-order valence-electron chi connectivity index (χ4n) is 3.11. The van der Waals surface area contributed by atoms with E-state index in [1.165, 1.54) is 12.8 Å². The maximum absolute atomic E-state index is 10.4. The molecule has 21 heavy (non-hydrogen) atoms. The number of aliphatic hydroxyl groups is 1. The monoisotopic (exact) mass is 288 g/mol. The predicted molar refractivity (Wildman–Crippen MR) is 84.3 cm³/mol. The first-order chi connectivity index (χ1) is 10.1. The number of furan rings is 1. The Morgan fingerprint density at radius 2 is 2.05 bits per heavy atom. The maximum atomic E-state index is 10.4. The molecule has 1 aliphatic rings. The highest BCUT2D eigenvalue weighted by atomic mass is 16.4. The SMILES string of the molecule is CN1CCC(N(C)CC(O)c2cc3ccccc3o2)CC1. The number of benzene rings is 1. The first kappa shape index (κ1) is 14.6. The van der Waals surface area contributed by atoms with Crippen LogP contribution >= 0.6 is 0 Å². The topological polar surface area (TPSA) is 39.9 Å². The lowest BCUT2D eigenvalue weighted by Crippen LogP contribution is -2.43. The molecule has 2 aromatic rings. The molecule has 1 aromatic carbocycles. The van der Waals surface area contributed by atoms with E-state index in [0.717, 1.165) is 24.1 Å². The number of likely N-dealkylation sites (tertiary alicyclic amines) is 1. The van der Waals surface area contributed by atoms with Gasteiger partial charge in [0.25, 0.3) is 0 Å². The molecule has 1 fully saturated rings. The Balaban J connectivity index is 1.63. The molecule has 3 rings (SSSR count). The van der Waals surface area contributed by atoms with Gasteiger partial charge in [0.15, 0.2) is 0 Å². The smallest absolute Gasteiger partial charge is 0.135 e. The summed E-state index contributed by atoms with van der Waals surface area (Å²) in [6.45, 7) is 2.89. The zero-order valence-electron chi connectivity index (χ0n) is 12.8. The van der Waals surface area contributed by atoms with Gasteiger partial charge in [0.05, 0.1) is 0 Å². The lowest BCUT2D eigenvalue weighted by molar-refractivity contribution is 0.0680. The Hall–Kier alpha value is -1.36. The fourth-order valence-corrected chi connectivity index (χ4v) is 3.11. The highest BCUT2D eigenvalue weighted by Gasteiger charge is 2.23. The summed E-state index contributed by atoms with van der Waals surface area (Å²) in [5.41, 5.74) is 0.841. The summed E-state index contributed by atoms with van der Waals surface area (Å²) >= 11 is 0. The van der Waals surface area contributed by atoms with Crippen LogP contribution in [0.15, 0.2) is 34.7 Å². The van der Waals surface area contributed by atoms with E-state index in [2.05, 4.69) is 23.9 Å². The van der Waals surface area contributed by atoms with E-state index in [0.29, 0.717) is 18.3 Å². The first-order valence-electron chi connectivity index (χ1n) is 7.69. The number of aliphatic hydroxyl groups excluding tert-OH is 1. The lowest BCUT2D eigenvalue weighted by atomic mass is 10.0. The molecule has 0 radical (unpaired) electrons. The third-order valence-electron chi connectivity index (χ3n) is 4.55. The van der Waals surface area contributed by atoms with Crippen molar-refractivity contribution >= 4 is 11.0 Å². The summed E-state index contributed by atoms with van der Waals surface area (Å²) in [7, 11) is 4.27. The zero-order valence-corrected chi connectivity index (χ0v) is 12.8. The van der Waals surface area contributed by atoms with Crippen molar-refractivity contribution in [3.63, 3.8) is 0 Å². The van der Waals surface area contributed by atoms with Gasteiger partial charge in [-0.1, -0.05) is 18.2 Å². The van der Waals surface area contributed by atoms with Gasteiger partial charge in [-0.2, -0.15) is 0 Å². The molecule has 1 atom stereocenters. The number of piperidine rings is 1. The lowest BCUT2D eigenvalue weighted by Gasteiger charge is -2.35. The van der Waals surface area contributed by atoms with Crippen LogP contribution in [0.5, 0.6) is 0 Å². The van der Waals surface area contributed by atoms with Gasteiger partial charge in [-0.25, -0.2) is 0 Å². The first-order valence-corrected chi connectivity index (χ1v) is 7.69. The quantitative estimate of drug-likeness (QED) is 0.938. The van der Waals surface area contributed by atoms with Gasteiger partial charge in [-0.15, -0.1) is 0 Å². The van der Waals surface area contributed by atoms with E-state index in [1.807, 2.05) is 30.3 Å². The van der Waals surface area contributed by atoms with Crippen LogP contribution in [0.3, 0.4) is 0 Å². The zero-order chi connectivity index (χ0) is 14.8. The Labute approximate surface area is 125 Å². The van der Waals surface area contributed by atoms with Crippen molar-refractivity contribution in [2.45, 2.75) is 25.0 Å². The number of nitrogens with zero attached hydrogens (tertiary/aromatic N) is 2. The third-order valence-corrected chi connectivity index (χ3v) is 4.55. The summed E-state index contributed by atoms with van der Waals surface area (Å²) < 4.78 is 5.75. The Kier molecular flexibility index (Phi) is 4.29. The highest BCUT2D eigenvalue weighted by Crippen LogP contribution is 2.25. The number of fused-ring (bicyclic) bond motifs is 1. The van der Waals surface area contributed by atoms with E-state index in [1.54, 1.807) is 0 Å². The molecule has 1 aromatic heterocycles. The van der Waals surface area contributed by atoms with Crippen LogP contribution in [-0.4, -0.2) is 54.7 Å². The molecule has 0 saturated carbocycles. The Morgan fingerprint density at radius 1 is 1.33 bits per heavy atom. The van der Waals surface area contributed by atoms with Gasteiger partial charge in [0.2, 0.25) is 0 Å². The van der Waals surface area contributed by atoms with Crippen molar-refractivity contribution in [2.75, 3.05) is 33.7 Å². The van der Waals surface area contributed by atoms with Crippen molar-refractivity contribution in [3.8, 4) is 0 Å². The van der Waals surface area contributed by atoms with Crippen LogP contribution in [0.2, 0.25) is 0 Å². The van der Waals surface area contributed by atoms with Gasteiger partial charge < -0.3 is 19.3 Å². The van der Waals surface area contributed by atoms with Crippen LogP contribution in [0, 0.1) is 0 Å². The van der Waals surface area contributed by atoms with E-state index < -0.39 is 6.10 Å². The molecule has 0 amide bonds. The van der Waals surface area contributed by atoms with Gasteiger partial charge in [0.1, 0.15) is 17.4 Å². The van der Waals surface area contributed by atoms with Crippen molar-refractivity contribution in [1.29, 1.82) is 0 Å². The van der Waals surface area contributed by atoms with E-state index >= 15 is 0 Å². The second-order valence-electron chi connectivity index (χ2n) is 6.18. The summed E-state index contributed by atoms with van der Waals surface area (Å²) in [6.07, 6.45) is 1.77. The molecule has 1 saturated heterocycles. The van der Waals surface area contributed by atoms with Gasteiger partial charge in [0, 0.05) is 18.0 Å². The molecule has 4 nitrogen and oxygen atoms in total. The predicted octanol–water partition coefficient (Wildman–Crippen LogP) is 2.49. The second kappa shape index (κ2) is 6.18. The molecule has 0 spiro atoms. The number of hydrogen-bond acceptors (Lipinski definition) is 4. The van der Waals surface area contributed by atoms with Crippen LogP contribution in [0.1, 0.15) is 24.7 Å². The summed E-state index contributed by atoms with van der Waals surface area (Å²) in [5, 5.41) is 11.5. The van der Waals surface area contributed by atoms with Crippen LogP contribution < -0.4 is 0 Å². The summed E-state index contributed by atoms with van der Waals surface area (Å²) in [5.74, 6) is 0.663. The minimum Gasteiger partial charge on any atom is -0.458 e. The minimum atomic E-state index is -0.568. The van der Waals surface area contributed by atoms with Gasteiger partial charge in [-0.05, 0) is 52.2 Å². The number of para-hydroxylation sites is 1. The average molecular weight is 288 g/mol. The van der Waals surface area contributed by atoms with Crippen LogP contribution in [0.4, 0.5) is 0 Å². The standard InChI is InChI=1S/C17H24N2O2/c1-18-9-7-14(8-10-18)19(2)12-15(20)17-11-13-5-3-4-6-16(13)21-17/h3-6,11,14-15,20H,7-10,12H2,1-2H3. The summed E-state index contributed by atoms with van der Waals surface area (Å²) in [4.78, 5) is 4.63. The molecule has 1 aliphatic heterocycles. The molecule has 0 aliphatic carbocycles. The molecule has 0 bridgehead atoms. The van der Waals surface area contributed by atoms with Crippen LogP contribution in [0.25, 0.3) is 11.0 Å². The largest absolute Gasteiger partial charge is 0.458 e. The maximum Gasteiger partial charge on any atom is 0.135 e. The molecule has 1 unspecified atom stereocenters. The molecular weight excluding hydrogens is 264 g/mol. The Morgan fingerprint density at radius 3 is 2.76 bits per heavy atom. The van der Waals surface area contributed by atoms with Crippen molar-refractivity contribution < 1.29 is 9.52 Å². The Bertz CT molecular complexity index is 554. The van der Waals surface area contributed by atoms with Crippen molar-refractivity contribution in [1.82, 2.24) is 9.80 Å². The second-order valence-corrected chi connectivity index (χ2v) is 6.18. The number of hydrogen-bond donors (Lipinski definition) is 1. The molecule has 1 N–H and O–H groups in total. The van der Waals surface area contributed by atoms with Gasteiger partial charge in [-0.3, -0.25) is 0 Å². The molecule has 114 valence electrons. The molecular formula is C17H24N2O2. The van der Waals surface area contributed by atoms with E-state index in [-0.39, 0.29) is 0 Å². The molecule has 2 heterocycles. The highest BCUT2D eigenvalue weighted by molar-refractivity contribution is 5.77. The fraction of sp³-hybridized carbons (Fsp3) is 0.529. The van der Waals surface area contributed by atoms with Crippen molar-refractivity contribution in [2.24, 2.45) is 0 Å². The van der Waals surface area contributed by atoms with E-state index in [9.17, 15) is 5.11 Å². The molecule has 4 heteroatoms. The van der Waals surface area contributed by atoms with Gasteiger partial charge >= 0.3 is 0 Å². The van der Waals surface area contributed by atoms with Crippen molar-refractivity contribution in [3.05, 3.63) is 36.1 Å². The minimum absolute atomic E-state index is 0.556. The average Bonchev–Trinajstić information content (AvgIpc) is 2.92. The normalized spacial score (nSPS) is 19.4. The third kappa shape index (κ3) is 3.28. The van der Waals surface area contributed by atoms with E-state index in [4.69, 9.17) is 4.42 Å². The number of likely N-dealkylation sites (N-methyl/N-ethyl adjacent to an activating group) is 1. The number of rotatable bonds is 4. The van der Waals surface area contributed by atoms with Crippen LogP contribution in [-0.2, 0) is 0 Å².